The molecule has 1 heterocycles. The van der Waals surface area contributed by atoms with Crippen molar-refractivity contribution in [3.8, 4) is 0 Å². The first-order valence-corrected chi connectivity index (χ1v) is 7.74. The average molecular weight is 264 g/mol. The van der Waals surface area contributed by atoms with E-state index in [0.717, 1.165) is 25.7 Å². The normalized spacial score (nSPS) is 17.2. The van der Waals surface area contributed by atoms with Gasteiger partial charge in [0.2, 0.25) is 0 Å². The summed E-state index contributed by atoms with van der Waals surface area (Å²) in [6.07, 6.45) is 12.2. The van der Waals surface area contributed by atoms with Crippen LogP contribution in [0.15, 0.2) is 18.5 Å². The minimum Gasteiger partial charge on any atom is -0.315 e. The molecule has 0 aliphatic heterocycles. The second-order valence-electron chi connectivity index (χ2n) is 5.65. The van der Waals surface area contributed by atoms with Crippen LogP contribution in [0.25, 0.3) is 0 Å². The maximum absolute atomic E-state index is 4.19. The Hall–Kier alpha value is -0.870. The molecule has 4 heteroatoms. The molecule has 108 valence electrons. The molecule has 19 heavy (non-hydrogen) atoms. The van der Waals surface area contributed by atoms with Gasteiger partial charge in [0.25, 0.3) is 0 Å². The summed E-state index contributed by atoms with van der Waals surface area (Å²) in [7, 11) is 2.29. The van der Waals surface area contributed by atoms with Gasteiger partial charge in [-0.25, -0.2) is 0 Å². The molecule has 1 aliphatic carbocycles. The van der Waals surface area contributed by atoms with Crippen molar-refractivity contribution in [3.05, 3.63) is 18.5 Å². The van der Waals surface area contributed by atoms with Crippen LogP contribution in [0.3, 0.4) is 0 Å². The lowest BCUT2D eigenvalue weighted by molar-refractivity contribution is 0.189. The van der Waals surface area contributed by atoms with Gasteiger partial charge in [0.15, 0.2) is 0 Å². The topological polar surface area (TPSA) is 33.1 Å². The Morgan fingerprint density at radius 3 is 2.84 bits per heavy atom. The quantitative estimate of drug-likeness (QED) is 0.730. The van der Waals surface area contributed by atoms with Crippen molar-refractivity contribution in [1.29, 1.82) is 0 Å². The van der Waals surface area contributed by atoms with Crippen LogP contribution >= 0.6 is 0 Å². The van der Waals surface area contributed by atoms with Gasteiger partial charge >= 0.3 is 0 Å². The van der Waals surface area contributed by atoms with E-state index in [1.54, 1.807) is 0 Å². The molecule has 0 bridgehead atoms. The number of aromatic nitrogens is 2. The molecule has 0 unspecified atom stereocenters. The fourth-order valence-corrected chi connectivity index (χ4v) is 2.91. The molecule has 0 spiro atoms. The molecular formula is C15H28N4. The van der Waals surface area contributed by atoms with Crippen LogP contribution < -0.4 is 5.32 Å². The molecule has 2 rings (SSSR count). The van der Waals surface area contributed by atoms with E-state index in [9.17, 15) is 0 Å². The van der Waals surface area contributed by atoms with Crippen LogP contribution in [-0.4, -0.2) is 47.4 Å². The zero-order chi connectivity index (χ0) is 13.3. The predicted molar refractivity (Wildman–Crippen MR) is 79.2 cm³/mol. The van der Waals surface area contributed by atoms with E-state index in [4.69, 9.17) is 0 Å². The van der Waals surface area contributed by atoms with E-state index in [1.807, 2.05) is 23.1 Å². The van der Waals surface area contributed by atoms with Crippen molar-refractivity contribution in [2.75, 3.05) is 26.7 Å². The van der Waals surface area contributed by atoms with Crippen LogP contribution in [0, 0.1) is 0 Å². The van der Waals surface area contributed by atoms with Gasteiger partial charge < -0.3 is 10.2 Å². The lowest BCUT2D eigenvalue weighted by atomic mass is 9.94. The van der Waals surface area contributed by atoms with Gasteiger partial charge in [-0.15, -0.1) is 0 Å². The Kier molecular flexibility index (Phi) is 6.37. The van der Waals surface area contributed by atoms with E-state index < -0.39 is 0 Å². The summed E-state index contributed by atoms with van der Waals surface area (Å²) in [5.41, 5.74) is 0. The Balaban J connectivity index is 1.47. The van der Waals surface area contributed by atoms with E-state index >= 15 is 0 Å². The van der Waals surface area contributed by atoms with Gasteiger partial charge in [-0.1, -0.05) is 19.3 Å². The monoisotopic (exact) mass is 264 g/mol. The number of nitrogens with one attached hydrogen (secondary N) is 1. The highest BCUT2D eigenvalue weighted by molar-refractivity contribution is 4.77. The van der Waals surface area contributed by atoms with Crippen LogP contribution in [0.2, 0.25) is 0 Å². The first kappa shape index (κ1) is 14.5. The van der Waals surface area contributed by atoms with Crippen LogP contribution in [0.4, 0.5) is 0 Å². The molecule has 1 aliphatic rings. The second kappa shape index (κ2) is 8.33. The maximum atomic E-state index is 4.19. The molecular weight excluding hydrogens is 236 g/mol. The molecule has 1 N–H and O–H groups in total. The number of hydrogen-bond acceptors (Lipinski definition) is 3. The average Bonchev–Trinajstić information content (AvgIpc) is 2.96. The Morgan fingerprint density at radius 2 is 2.11 bits per heavy atom. The molecule has 4 nitrogen and oxygen atoms in total. The third-order valence-electron chi connectivity index (χ3n) is 4.14. The summed E-state index contributed by atoms with van der Waals surface area (Å²) in [5.74, 6) is 0. The smallest absolute Gasteiger partial charge is 0.0533 e. The minimum atomic E-state index is 0.845. The molecule has 0 atom stereocenters. The zero-order valence-electron chi connectivity index (χ0n) is 12.2. The standard InChI is InChI=1S/C15H28N4/c1-18(15-7-3-2-4-8-15)12-5-9-16-11-14-19-13-6-10-17-19/h6,10,13,15-16H,2-5,7-9,11-12,14H2,1H3. The number of hydrogen-bond donors (Lipinski definition) is 1. The van der Waals surface area contributed by atoms with Crippen LogP contribution in [0.1, 0.15) is 38.5 Å². The predicted octanol–water partition coefficient (Wildman–Crippen LogP) is 2.13. The van der Waals surface area contributed by atoms with E-state index in [2.05, 4.69) is 22.4 Å². The molecule has 0 aromatic carbocycles. The highest BCUT2D eigenvalue weighted by Crippen LogP contribution is 2.21. The van der Waals surface area contributed by atoms with Crippen molar-refractivity contribution < 1.29 is 0 Å². The van der Waals surface area contributed by atoms with Gasteiger partial charge in [-0.05, 0) is 45.5 Å². The van der Waals surface area contributed by atoms with Crippen molar-refractivity contribution in [2.24, 2.45) is 0 Å². The van der Waals surface area contributed by atoms with Crippen LogP contribution in [0.5, 0.6) is 0 Å². The third-order valence-corrected chi connectivity index (χ3v) is 4.14. The fourth-order valence-electron chi connectivity index (χ4n) is 2.91. The molecule has 1 aromatic rings. The Morgan fingerprint density at radius 1 is 1.26 bits per heavy atom. The SMILES string of the molecule is CN(CCCNCCn1cccn1)C1CCCCC1. The first-order valence-electron chi connectivity index (χ1n) is 7.74. The van der Waals surface area contributed by atoms with Crippen molar-refractivity contribution in [3.63, 3.8) is 0 Å². The summed E-state index contributed by atoms with van der Waals surface area (Å²) in [6, 6.07) is 2.82. The largest absolute Gasteiger partial charge is 0.315 e. The molecule has 1 fully saturated rings. The lowest BCUT2D eigenvalue weighted by Crippen LogP contribution is -2.35. The summed E-state index contributed by atoms with van der Waals surface area (Å²) < 4.78 is 1.97. The zero-order valence-corrected chi connectivity index (χ0v) is 12.2. The van der Waals surface area contributed by atoms with Gasteiger partial charge in [-0.2, -0.15) is 5.10 Å². The number of nitrogens with zero attached hydrogens (tertiary/aromatic N) is 3. The summed E-state index contributed by atoms with van der Waals surface area (Å²) in [5, 5.41) is 7.69. The van der Waals surface area contributed by atoms with Gasteiger partial charge in [-0.3, -0.25) is 4.68 Å². The van der Waals surface area contributed by atoms with Gasteiger partial charge in [0, 0.05) is 25.0 Å². The molecule has 0 amide bonds. The van der Waals surface area contributed by atoms with Crippen molar-refractivity contribution >= 4 is 0 Å². The van der Waals surface area contributed by atoms with Crippen molar-refractivity contribution in [2.45, 2.75) is 51.1 Å². The Bertz CT molecular complexity index is 317. The van der Waals surface area contributed by atoms with Crippen LogP contribution in [-0.2, 0) is 6.54 Å². The van der Waals surface area contributed by atoms with Gasteiger partial charge in [0.1, 0.15) is 0 Å². The fraction of sp³-hybridized carbons (Fsp3) is 0.800. The molecule has 0 saturated heterocycles. The highest BCUT2D eigenvalue weighted by atomic mass is 15.3. The maximum Gasteiger partial charge on any atom is 0.0533 e. The van der Waals surface area contributed by atoms with E-state index in [-0.39, 0.29) is 0 Å². The van der Waals surface area contributed by atoms with E-state index in [0.29, 0.717) is 0 Å². The summed E-state index contributed by atoms with van der Waals surface area (Å²) in [4.78, 5) is 2.56. The molecule has 1 saturated carbocycles. The second-order valence-corrected chi connectivity index (χ2v) is 5.65. The minimum absolute atomic E-state index is 0.845. The van der Waals surface area contributed by atoms with Gasteiger partial charge in [0.05, 0.1) is 6.54 Å². The molecule has 0 radical (unpaired) electrons. The Labute approximate surface area is 117 Å². The first-order chi connectivity index (χ1) is 9.36. The van der Waals surface area contributed by atoms with E-state index in [1.165, 1.54) is 45.1 Å². The number of rotatable bonds is 8. The van der Waals surface area contributed by atoms with Crippen molar-refractivity contribution in [1.82, 2.24) is 20.0 Å². The molecule has 1 aromatic heterocycles. The highest BCUT2D eigenvalue weighted by Gasteiger charge is 2.16. The third kappa shape index (κ3) is 5.33. The summed E-state index contributed by atoms with van der Waals surface area (Å²) >= 11 is 0. The lowest BCUT2D eigenvalue weighted by Gasteiger charge is -2.31. The summed E-state index contributed by atoms with van der Waals surface area (Å²) in [6.45, 7) is 4.30.